The Morgan fingerprint density at radius 2 is 1.78 bits per heavy atom. The molecule has 0 spiro atoms. The molecule has 0 unspecified atom stereocenters. The molecule has 0 radical (unpaired) electrons. The van der Waals surface area contributed by atoms with Gasteiger partial charge in [-0.25, -0.2) is 4.98 Å². The number of carbonyl (C=O) groups excluding carboxylic acids is 1. The van der Waals surface area contributed by atoms with Crippen molar-refractivity contribution in [1.82, 2.24) is 9.97 Å². The van der Waals surface area contributed by atoms with E-state index in [-0.39, 0.29) is 5.78 Å². The number of rotatable bonds is 4. The van der Waals surface area contributed by atoms with Crippen LogP contribution in [-0.2, 0) is 6.42 Å². The number of carbonyl (C=O) groups is 1. The highest BCUT2D eigenvalue weighted by molar-refractivity contribution is 6.30. The Kier molecular flexibility index (Phi) is 4.77. The normalized spacial score (nSPS) is 13.2. The zero-order chi connectivity index (χ0) is 18.8. The molecule has 0 atom stereocenters. The van der Waals surface area contributed by atoms with Crippen molar-refractivity contribution in [1.29, 1.82) is 0 Å². The van der Waals surface area contributed by atoms with E-state index in [9.17, 15) is 4.79 Å². The number of nitrogens with zero attached hydrogens (tertiary/aromatic N) is 2. The van der Waals surface area contributed by atoms with E-state index in [1.54, 1.807) is 12.1 Å². The molecule has 4 rings (SSSR count). The van der Waals surface area contributed by atoms with E-state index >= 15 is 0 Å². The van der Waals surface area contributed by atoms with Crippen molar-refractivity contribution in [2.75, 3.05) is 10.6 Å². The van der Waals surface area contributed by atoms with Crippen molar-refractivity contribution in [3.8, 4) is 0 Å². The van der Waals surface area contributed by atoms with Crippen LogP contribution in [0.3, 0.4) is 0 Å². The highest BCUT2D eigenvalue weighted by atomic mass is 35.5. The molecule has 0 saturated heterocycles. The standard InChI is InChI=1S/C21H19ClN4O/c1-13-4-2-5-16(12-13)23-20-19-17(6-3-7-18(19)27)25-21(26-20)24-15-10-8-14(22)9-11-15/h2,4-5,8-12H,3,6-7H2,1H3,(H2,23,24,25,26). The number of fused-ring (bicyclic) bond motifs is 1. The first-order valence-electron chi connectivity index (χ1n) is 8.89. The highest BCUT2D eigenvalue weighted by Crippen LogP contribution is 2.30. The summed E-state index contributed by atoms with van der Waals surface area (Å²) in [5, 5.41) is 7.17. The molecule has 0 aliphatic heterocycles. The van der Waals surface area contributed by atoms with Gasteiger partial charge in [-0.3, -0.25) is 4.79 Å². The van der Waals surface area contributed by atoms with E-state index in [1.165, 1.54) is 0 Å². The number of Topliss-reactive ketones (excluding diaryl/α,β-unsaturated/α-hetero) is 1. The molecule has 2 aromatic carbocycles. The minimum Gasteiger partial charge on any atom is -0.339 e. The average molecular weight is 379 g/mol. The number of aromatic nitrogens is 2. The van der Waals surface area contributed by atoms with Crippen molar-refractivity contribution in [3.63, 3.8) is 0 Å². The summed E-state index contributed by atoms with van der Waals surface area (Å²) in [6.45, 7) is 2.03. The van der Waals surface area contributed by atoms with Crippen LogP contribution in [0.4, 0.5) is 23.1 Å². The lowest BCUT2D eigenvalue weighted by atomic mass is 9.95. The van der Waals surface area contributed by atoms with Crippen molar-refractivity contribution in [2.24, 2.45) is 0 Å². The van der Waals surface area contributed by atoms with Gasteiger partial charge in [-0.05, 0) is 61.7 Å². The number of aryl methyl sites for hydroxylation is 2. The van der Waals surface area contributed by atoms with Gasteiger partial charge in [0.05, 0.1) is 11.3 Å². The molecule has 1 aromatic heterocycles. The minimum absolute atomic E-state index is 0.0874. The Hall–Kier alpha value is -2.92. The number of benzene rings is 2. The second kappa shape index (κ2) is 7.37. The highest BCUT2D eigenvalue weighted by Gasteiger charge is 2.24. The van der Waals surface area contributed by atoms with Gasteiger partial charge in [-0.1, -0.05) is 23.7 Å². The maximum Gasteiger partial charge on any atom is 0.229 e. The average Bonchev–Trinajstić information content (AvgIpc) is 2.64. The van der Waals surface area contributed by atoms with Crippen LogP contribution in [0.2, 0.25) is 5.02 Å². The molecule has 5 nitrogen and oxygen atoms in total. The summed E-state index contributed by atoms with van der Waals surface area (Å²) in [7, 11) is 0. The summed E-state index contributed by atoms with van der Waals surface area (Å²) in [5.74, 6) is 1.09. The molecule has 0 bridgehead atoms. The Morgan fingerprint density at radius 3 is 2.56 bits per heavy atom. The molecular weight excluding hydrogens is 360 g/mol. The third-order valence-electron chi connectivity index (χ3n) is 4.46. The van der Waals surface area contributed by atoms with E-state index in [1.807, 2.05) is 43.3 Å². The SMILES string of the molecule is Cc1cccc(Nc2nc(Nc3ccc(Cl)cc3)nc3c2C(=O)CCC3)c1. The number of hydrogen-bond acceptors (Lipinski definition) is 5. The van der Waals surface area contributed by atoms with E-state index < -0.39 is 0 Å². The molecule has 27 heavy (non-hydrogen) atoms. The minimum atomic E-state index is 0.0874. The molecular formula is C21H19ClN4O. The Morgan fingerprint density at radius 1 is 0.963 bits per heavy atom. The van der Waals surface area contributed by atoms with E-state index in [0.29, 0.717) is 28.8 Å². The Balaban J connectivity index is 1.73. The first-order chi connectivity index (χ1) is 13.1. The number of anilines is 4. The van der Waals surface area contributed by atoms with Crippen LogP contribution < -0.4 is 10.6 Å². The molecule has 2 N–H and O–H groups in total. The van der Waals surface area contributed by atoms with Crippen LogP contribution >= 0.6 is 11.6 Å². The lowest BCUT2D eigenvalue weighted by molar-refractivity contribution is 0.0972. The summed E-state index contributed by atoms with van der Waals surface area (Å²) >= 11 is 5.95. The number of nitrogens with one attached hydrogen (secondary N) is 2. The predicted molar refractivity (Wildman–Crippen MR) is 108 cm³/mol. The van der Waals surface area contributed by atoms with Crippen molar-refractivity contribution < 1.29 is 4.79 Å². The second-order valence-electron chi connectivity index (χ2n) is 6.62. The summed E-state index contributed by atoms with van der Waals surface area (Å²) in [6.07, 6.45) is 2.11. The monoisotopic (exact) mass is 378 g/mol. The van der Waals surface area contributed by atoms with Gasteiger partial charge in [0.25, 0.3) is 0 Å². The fourth-order valence-electron chi connectivity index (χ4n) is 3.19. The fraction of sp³-hybridized carbons (Fsp3) is 0.190. The van der Waals surface area contributed by atoms with Crippen molar-refractivity contribution in [3.05, 3.63) is 70.4 Å². The van der Waals surface area contributed by atoms with Gasteiger partial charge in [0, 0.05) is 22.8 Å². The van der Waals surface area contributed by atoms with Crippen LogP contribution in [0, 0.1) is 6.92 Å². The predicted octanol–water partition coefficient (Wildman–Crippen LogP) is 5.44. The molecule has 6 heteroatoms. The van der Waals surface area contributed by atoms with Gasteiger partial charge in [0.15, 0.2) is 5.78 Å². The van der Waals surface area contributed by atoms with Gasteiger partial charge in [-0.15, -0.1) is 0 Å². The van der Waals surface area contributed by atoms with Gasteiger partial charge in [0.2, 0.25) is 5.95 Å². The maximum atomic E-state index is 12.5. The van der Waals surface area contributed by atoms with Crippen LogP contribution in [-0.4, -0.2) is 15.8 Å². The number of hydrogen-bond donors (Lipinski definition) is 2. The third kappa shape index (κ3) is 3.93. The molecule has 1 aliphatic rings. The van der Waals surface area contributed by atoms with E-state index in [4.69, 9.17) is 11.6 Å². The van der Waals surface area contributed by atoms with Gasteiger partial charge < -0.3 is 10.6 Å². The molecule has 0 saturated carbocycles. The lowest BCUT2D eigenvalue weighted by Gasteiger charge is -2.19. The Labute approximate surface area is 162 Å². The summed E-state index contributed by atoms with van der Waals surface area (Å²) in [5.41, 5.74) is 4.25. The summed E-state index contributed by atoms with van der Waals surface area (Å²) in [6, 6.07) is 15.3. The molecule has 0 fully saturated rings. The molecule has 0 amide bonds. The van der Waals surface area contributed by atoms with Crippen molar-refractivity contribution >= 4 is 40.5 Å². The Bertz CT molecular complexity index is 1000. The van der Waals surface area contributed by atoms with Gasteiger partial charge >= 0.3 is 0 Å². The van der Waals surface area contributed by atoms with Gasteiger partial charge in [0.1, 0.15) is 5.82 Å². The van der Waals surface area contributed by atoms with Crippen molar-refractivity contribution in [2.45, 2.75) is 26.2 Å². The fourth-order valence-corrected chi connectivity index (χ4v) is 3.32. The zero-order valence-corrected chi connectivity index (χ0v) is 15.7. The largest absolute Gasteiger partial charge is 0.339 e. The maximum absolute atomic E-state index is 12.5. The van der Waals surface area contributed by atoms with Crippen LogP contribution in [0.5, 0.6) is 0 Å². The lowest BCUT2D eigenvalue weighted by Crippen LogP contribution is -2.17. The number of ketones is 1. The molecule has 1 aliphatic carbocycles. The van der Waals surface area contributed by atoms with Crippen LogP contribution in [0.1, 0.15) is 34.5 Å². The second-order valence-corrected chi connectivity index (χ2v) is 7.06. The van der Waals surface area contributed by atoms with Crippen LogP contribution in [0.25, 0.3) is 0 Å². The van der Waals surface area contributed by atoms with E-state index in [0.717, 1.165) is 35.5 Å². The number of halogens is 1. The van der Waals surface area contributed by atoms with Gasteiger partial charge in [-0.2, -0.15) is 4.98 Å². The third-order valence-corrected chi connectivity index (χ3v) is 4.71. The first kappa shape index (κ1) is 17.5. The van der Waals surface area contributed by atoms with Crippen LogP contribution in [0.15, 0.2) is 48.5 Å². The molecule has 136 valence electrons. The smallest absolute Gasteiger partial charge is 0.229 e. The topological polar surface area (TPSA) is 66.9 Å². The molecule has 3 aromatic rings. The first-order valence-corrected chi connectivity index (χ1v) is 9.27. The quantitative estimate of drug-likeness (QED) is 0.632. The van der Waals surface area contributed by atoms with E-state index in [2.05, 4.69) is 20.6 Å². The molecule has 1 heterocycles. The summed E-state index contributed by atoms with van der Waals surface area (Å²) < 4.78 is 0. The summed E-state index contributed by atoms with van der Waals surface area (Å²) in [4.78, 5) is 21.7. The zero-order valence-electron chi connectivity index (χ0n) is 14.9.